The van der Waals surface area contributed by atoms with Gasteiger partial charge in [0.15, 0.2) is 33.1 Å². The molecule has 1 aliphatic heterocycles. The molecule has 0 spiro atoms. The van der Waals surface area contributed by atoms with Gasteiger partial charge in [-0.2, -0.15) is 0 Å². The maximum atomic E-state index is 13.7. The minimum atomic E-state index is -3.09. The zero-order valence-electron chi connectivity index (χ0n) is 10.2. The minimum Gasteiger partial charge on any atom is -0.353 e. The summed E-state index contributed by atoms with van der Waals surface area (Å²) in [6, 6.07) is 0.292. The van der Waals surface area contributed by atoms with E-state index in [1.54, 1.807) is 0 Å². The zero-order chi connectivity index (χ0) is 14.2. The van der Waals surface area contributed by atoms with Crippen LogP contribution in [0.15, 0.2) is 6.07 Å². The molecule has 1 atom stereocenters. The van der Waals surface area contributed by atoms with Gasteiger partial charge in [0.05, 0.1) is 11.5 Å². The number of nitrogens with zero attached hydrogens (tertiary/aromatic N) is 2. The Hall–Kier alpha value is -1.48. The van der Waals surface area contributed by atoms with Crippen LogP contribution < -0.4 is 16.2 Å². The first kappa shape index (κ1) is 13.9. The van der Waals surface area contributed by atoms with E-state index in [9.17, 15) is 17.2 Å². The molecule has 0 aliphatic carbocycles. The van der Waals surface area contributed by atoms with Crippen molar-refractivity contribution in [1.29, 1.82) is 0 Å². The molecule has 1 aromatic rings. The first-order valence-electron chi connectivity index (χ1n) is 5.60. The smallest absolute Gasteiger partial charge is 0.178 e. The minimum absolute atomic E-state index is 0.0621. The fourth-order valence-corrected chi connectivity index (χ4v) is 3.83. The maximum absolute atomic E-state index is 13.7. The van der Waals surface area contributed by atoms with Gasteiger partial charge >= 0.3 is 0 Å². The molecule has 6 nitrogen and oxygen atoms in total. The van der Waals surface area contributed by atoms with Gasteiger partial charge in [-0.25, -0.2) is 28.0 Å². The molecular formula is C10H14F2N4O2S. The molecule has 1 aliphatic rings. The number of sulfone groups is 1. The van der Waals surface area contributed by atoms with Crippen LogP contribution in [0.5, 0.6) is 0 Å². The van der Waals surface area contributed by atoms with E-state index in [4.69, 9.17) is 5.84 Å². The highest BCUT2D eigenvalue weighted by atomic mass is 32.2. The van der Waals surface area contributed by atoms with Gasteiger partial charge in [-0.1, -0.05) is 0 Å². The quantitative estimate of drug-likeness (QED) is 0.614. The highest BCUT2D eigenvalue weighted by Gasteiger charge is 2.32. The number of hydrogen-bond donors (Lipinski definition) is 2. The van der Waals surface area contributed by atoms with Crippen LogP contribution in [0.1, 0.15) is 6.42 Å². The number of halogens is 2. The topological polar surface area (TPSA) is 88.3 Å². The van der Waals surface area contributed by atoms with Crippen molar-refractivity contribution in [3.8, 4) is 0 Å². The molecule has 0 aromatic carbocycles. The van der Waals surface area contributed by atoms with Crippen molar-refractivity contribution in [2.45, 2.75) is 12.5 Å². The third-order valence-corrected chi connectivity index (χ3v) is 4.89. The summed E-state index contributed by atoms with van der Waals surface area (Å²) in [5.41, 5.74) is 2.03. The van der Waals surface area contributed by atoms with Crippen LogP contribution in [0.25, 0.3) is 0 Å². The molecule has 19 heavy (non-hydrogen) atoms. The number of anilines is 2. The molecule has 106 valence electrons. The molecule has 0 bridgehead atoms. The summed E-state index contributed by atoms with van der Waals surface area (Å²) >= 11 is 0. The van der Waals surface area contributed by atoms with E-state index in [0.717, 1.165) is 0 Å². The van der Waals surface area contributed by atoms with E-state index in [0.29, 0.717) is 12.5 Å². The predicted molar refractivity (Wildman–Crippen MR) is 67.4 cm³/mol. The van der Waals surface area contributed by atoms with Crippen LogP contribution in [-0.4, -0.2) is 38.0 Å². The average Bonchev–Trinajstić information content (AvgIpc) is 2.69. The van der Waals surface area contributed by atoms with Gasteiger partial charge in [0, 0.05) is 19.2 Å². The fraction of sp³-hybridized carbons (Fsp3) is 0.500. The number of hydrazine groups is 1. The van der Waals surface area contributed by atoms with Crippen molar-refractivity contribution in [2.75, 3.05) is 28.9 Å². The van der Waals surface area contributed by atoms with Gasteiger partial charge in [0.25, 0.3) is 0 Å². The number of pyridine rings is 1. The highest BCUT2D eigenvalue weighted by Crippen LogP contribution is 2.26. The second kappa shape index (κ2) is 4.89. The van der Waals surface area contributed by atoms with Crippen LogP contribution in [0.2, 0.25) is 0 Å². The van der Waals surface area contributed by atoms with Gasteiger partial charge < -0.3 is 10.3 Å². The Balaban J connectivity index is 2.31. The number of nitrogens with one attached hydrogen (secondary N) is 1. The van der Waals surface area contributed by atoms with Gasteiger partial charge in [-0.05, 0) is 6.42 Å². The van der Waals surface area contributed by atoms with Crippen LogP contribution in [0.4, 0.5) is 20.4 Å². The van der Waals surface area contributed by atoms with Crippen LogP contribution in [0.3, 0.4) is 0 Å². The first-order valence-corrected chi connectivity index (χ1v) is 7.42. The Bertz CT molecular complexity index is 593. The Morgan fingerprint density at radius 2 is 2.16 bits per heavy atom. The number of nitrogens with two attached hydrogens (primary N) is 1. The molecule has 0 radical (unpaired) electrons. The Kier molecular flexibility index (Phi) is 3.59. The van der Waals surface area contributed by atoms with Gasteiger partial charge in [-0.15, -0.1) is 0 Å². The van der Waals surface area contributed by atoms with E-state index >= 15 is 0 Å². The number of nitrogen functional groups attached to an aromatic ring is 1. The fourth-order valence-electron chi connectivity index (χ4n) is 2.06. The van der Waals surface area contributed by atoms with Crippen molar-refractivity contribution < 1.29 is 17.2 Å². The van der Waals surface area contributed by atoms with Crippen molar-refractivity contribution in [2.24, 2.45) is 5.84 Å². The summed E-state index contributed by atoms with van der Waals surface area (Å²) in [5.74, 6) is 2.90. The molecule has 2 heterocycles. The molecular weight excluding hydrogens is 278 g/mol. The Morgan fingerprint density at radius 3 is 2.68 bits per heavy atom. The second-order valence-corrected chi connectivity index (χ2v) is 6.67. The zero-order valence-corrected chi connectivity index (χ0v) is 11.0. The molecule has 9 heteroatoms. The largest absolute Gasteiger partial charge is 0.353 e. The molecule has 0 amide bonds. The molecule has 2 rings (SSSR count). The lowest BCUT2D eigenvalue weighted by Crippen LogP contribution is -2.34. The number of aromatic nitrogens is 1. The van der Waals surface area contributed by atoms with Gasteiger partial charge in [0.1, 0.15) is 0 Å². The molecule has 1 unspecified atom stereocenters. The maximum Gasteiger partial charge on any atom is 0.178 e. The summed E-state index contributed by atoms with van der Waals surface area (Å²) in [6.45, 7) is 0. The van der Waals surface area contributed by atoms with E-state index in [-0.39, 0.29) is 29.2 Å². The summed E-state index contributed by atoms with van der Waals surface area (Å²) < 4.78 is 49.7. The Morgan fingerprint density at radius 1 is 1.47 bits per heavy atom. The summed E-state index contributed by atoms with van der Waals surface area (Å²) in [4.78, 5) is 5.13. The lowest BCUT2D eigenvalue weighted by Gasteiger charge is -2.25. The van der Waals surface area contributed by atoms with Crippen molar-refractivity contribution in [1.82, 2.24) is 4.98 Å². The van der Waals surface area contributed by atoms with Crippen LogP contribution >= 0.6 is 0 Å². The number of hydrogen-bond acceptors (Lipinski definition) is 6. The van der Waals surface area contributed by atoms with E-state index in [1.165, 1.54) is 11.9 Å². The monoisotopic (exact) mass is 292 g/mol. The van der Waals surface area contributed by atoms with Crippen molar-refractivity contribution >= 4 is 21.5 Å². The Labute approximate surface area is 109 Å². The van der Waals surface area contributed by atoms with Gasteiger partial charge in [-0.3, -0.25) is 0 Å². The molecule has 1 saturated heterocycles. The van der Waals surface area contributed by atoms with Crippen molar-refractivity contribution in [3.63, 3.8) is 0 Å². The second-order valence-electron chi connectivity index (χ2n) is 4.44. The molecule has 0 saturated carbocycles. The highest BCUT2D eigenvalue weighted by molar-refractivity contribution is 7.91. The summed E-state index contributed by atoms with van der Waals surface area (Å²) in [6.07, 6.45) is 0.392. The molecule has 3 N–H and O–H groups in total. The third kappa shape index (κ3) is 2.76. The lowest BCUT2D eigenvalue weighted by atomic mass is 10.2. The van der Waals surface area contributed by atoms with E-state index in [2.05, 4.69) is 4.98 Å². The first-order chi connectivity index (χ1) is 8.84. The van der Waals surface area contributed by atoms with Crippen molar-refractivity contribution in [3.05, 3.63) is 17.7 Å². The van der Waals surface area contributed by atoms with E-state index < -0.39 is 21.5 Å². The number of rotatable bonds is 3. The molecule has 1 aromatic heterocycles. The predicted octanol–water partition coefficient (Wildman–Crippen LogP) is 0.269. The standard InChI is InChI=1S/C10H14F2N4O2S/c1-16(6-2-3-19(17,18)5-6)10-8(12)4-7(11)9(14-10)15-13/h4,6H,2-3,5,13H2,1H3,(H,14,15). The molecule has 1 fully saturated rings. The van der Waals surface area contributed by atoms with Crippen LogP contribution in [-0.2, 0) is 9.84 Å². The third-order valence-electron chi connectivity index (χ3n) is 3.14. The summed E-state index contributed by atoms with van der Waals surface area (Å²) in [7, 11) is -1.57. The van der Waals surface area contributed by atoms with Crippen LogP contribution in [0, 0.1) is 11.6 Å². The summed E-state index contributed by atoms with van der Waals surface area (Å²) in [5, 5.41) is 0. The lowest BCUT2D eigenvalue weighted by molar-refractivity contribution is 0.563. The van der Waals surface area contributed by atoms with E-state index in [1.807, 2.05) is 5.43 Å². The SMILES string of the molecule is CN(c1nc(NN)c(F)cc1F)C1CCS(=O)(=O)C1. The average molecular weight is 292 g/mol. The normalized spacial score (nSPS) is 21.4. The van der Waals surface area contributed by atoms with Gasteiger partial charge in [0.2, 0.25) is 0 Å².